The number of nitrogens with zero attached hydrogens (tertiary/aromatic N) is 3. The van der Waals surface area contributed by atoms with E-state index in [2.05, 4.69) is 16.4 Å². The number of nitrogens with one attached hydrogen (secondary N) is 2. The van der Waals surface area contributed by atoms with Gasteiger partial charge < -0.3 is 15.0 Å². The lowest BCUT2D eigenvalue weighted by atomic mass is 10.2. The van der Waals surface area contributed by atoms with E-state index < -0.39 is 0 Å². The Balaban J connectivity index is 1.58. The number of morpholine rings is 1. The molecule has 0 unspecified atom stereocenters. The summed E-state index contributed by atoms with van der Waals surface area (Å²) < 4.78 is 5.42. The summed E-state index contributed by atoms with van der Waals surface area (Å²) in [6.45, 7) is 5.81. The number of benzene rings is 1. The molecule has 4 rings (SSSR count). The van der Waals surface area contributed by atoms with E-state index in [9.17, 15) is 0 Å². The molecule has 0 aliphatic carbocycles. The van der Waals surface area contributed by atoms with E-state index in [1.807, 2.05) is 30.3 Å². The predicted octanol–water partition coefficient (Wildman–Crippen LogP) is 1.02. The van der Waals surface area contributed by atoms with Gasteiger partial charge in [0.05, 0.1) is 31.8 Å². The van der Waals surface area contributed by atoms with Crippen molar-refractivity contribution < 1.29 is 9.64 Å². The molecule has 0 bridgehead atoms. The quantitative estimate of drug-likeness (QED) is 0.728. The lowest BCUT2D eigenvalue weighted by Gasteiger charge is -2.23. The minimum absolute atomic E-state index is 0.702. The number of aromatic nitrogens is 3. The molecule has 0 atom stereocenters. The average Bonchev–Trinajstić information content (AvgIpc) is 2.69. The van der Waals surface area contributed by atoms with Crippen LogP contribution < -0.4 is 10.2 Å². The third kappa shape index (κ3) is 3.75. The zero-order chi connectivity index (χ0) is 16.9. The smallest absolute Gasteiger partial charge is 0.163 e. The average molecular weight is 336 g/mol. The van der Waals surface area contributed by atoms with Crippen molar-refractivity contribution in [2.75, 3.05) is 44.7 Å². The van der Waals surface area contributed by atoms with Crippen molar-refractivity contribution in [3.8, 4) is 11.4 Å². The number of hydrogen-bond donors (Lipinski definition) is 2. The second-order valence-corrected chi connectivity index (χ2v) is 6.19. The first kappa shape index (κ1) is 15.9. The molecule has 0 amide bonds. The van der Waals surface area contributed by atoms with E-state index in [0.717, 1.165) is 61.7 Å². The summed E-state index contributed by atoms with van der Waals surface area (Å²) in [5.41, 5.74) is 1.87. The number of pyridine rings is 1. The summed E-state index contributed by atoms with van der Waals surface area (Å²) in [7, 11) is 0. The number of ether oxygens (including phenoxy) is 1. The van der Waals surface area contributed by atoms with Gasteiger partial charge >= 0.3 is 0 Å². The SMILES string of the molecule is c1cncc(-c2nc(NCC[NH+]3CCOCC3)c3ccccc3n2)c1. The fraction of sp³-hybridized carbons (Fsp3) is 0.316. The first-order valence-corrected chi connectivity index (χ1v) is 8.72. The van der Waals surface area contributed by atoms with Crippen LogP contribution >= 0.6 is 0 Å². The van der Waals surface area contributed by atoms with Crippen molar-refractivity contribution in [3.63, 3.8) is 0 Å². The van der Waals surface area contributed by atoms with Gasteiger partial charge in [-0.3, -0.25) is 4.98 Å². The Bertz CT molecular complexity index is 834. The molecular formula is C19H22N5O+. The summed E-state index contributed by atoms with van der Waals surface area (Å²) in [5.74, 6) is 1.59. The Hall–Kier alpha value is -2.57. The minimum Gasteiger partial charge on any atom is -0.370 e. The van der Waals surface area contributed by atoms with Gasteiger partial charge in [0.2, 0.25) is 0 Å². The van der Waals surface area contributed by atoms with Crippen molar-refractivity contribution in [2.45, 2.75) is 0 Å². The number of rotatable bonds is 5. The number of hydrogen-bond acceptors (Lipinski definition) is 5. The molecule has 2 aromatic heterocycles. The largest absolute Gasteiger partial charge is 0.370 e. The number of fused-ring (bicyclic) bond motifs is 1. The second kappa shape index (κ2) is 7.55. The second-order valence-electron chi connectivity index (χ2n) is 6.19. The monoisotopic (exact) mass is 336 g/mol. The highest BCUT2D eigenvalue weighted by atomic mass is 16.5. The third-order valence-electron chi connectivity index (χ3n) is 4.49. The molecule has 0 saturated carbocycles. The van der Waals surface area contributed by atoms with Crippen molar-refractivity contribution >= 4 is 16.7 Å². The Morgan fingerprint density at radius 1 is 1.04 bits per heavy atom. The van der Waals surface area contributed by atoms with E-state index in [0.29, 0.717) is 5.82 Å². The Kier molecular flexibility index (Phi) is 4.81. The third-order valence-corrected chi connectivity index (χ3v) is 4.49. The number of para-hydroxylation sites is 1. The minimum atomic E-state index is 0.702. The zero-order valence-corrected chi connectivity index (χ0v) is 14.1. The van der Waals surface area contributed by atoms with Crippen LogP contribution in [0.5, 0.6) is 0 Å². The van der Waals surface area contributed by atoms with Gasteiger partial charge in [-0.05, 0) is 24.3 Å². The van der Waals surface area contributed by atoms with Crippen LogP contribution in [0, 0.1) is 0 Å². The number of anilines is 1. The lowest BCUT2D eigenvalue weighted by Crippen LogP contribution is -3.14. The highest BCUT2D eigenvalue weighted by Crippen LogP contribution is 2.24. The highest BCUT2D eigenvalue weighted by Gasteiger charge is 2.14. The van der Waals surface area contributed by atoms with E-state index in [1.54, 1.807) is 17.3 Å². The summed E-state index contributed by atoms with van der Waals surface area (Å²) in [4.78, 5) is 15.2. The van der Waals surface area contributed by atoms with E-state index >= 15 is 0 Å². The van der Waals surface area contributed by atoms with Gasteiger partial charge in [-0.15, -0.1) is 0 Å². The van der Waals surface area contributed by atoms with Crippen molar-refractivity contribution in [2.24, 2.45) is 0 Å². The molecule has 0 radical (unpaired) electrons. The molecule has 1 aliphatic heterocycles. The molecule has 3 heterocycles. The molecule has 2 N–H and O–H groups in total. The Labute approximate surface area is 146 Å². The molecule has 128 valence electrons. The fourth-order valence-electron chi connectivity index (χ4n) is 3.10. The highest BCUT2D eigenvalue weighted by molar-refractivity contribution is 5.90. The molecule has 0 spiro atoms. The van der Waals surface area contributed by atoms with Crippen LogP contribution in [0.3, 0.4) is 0 Å². The standard InChI is InChI=1S/C19H21N5O/c1-2-6-17-16(5-1)19(21-8-9-24-10-12-25-13-11-24)23-18(22-17)15-4-3-7-20-14-15/h1-7,14H,8-13H2,(H,21,22,23)/p+1. The Morgan fingerprint density at radius 3 is 2.76 bits per heavy atom. The molecule has 1 saturated heterocycles. The maximum absolute atomic E-state index is 5.42. The van der Waals surface area contributed by atoms with Gasteiger partial charge in [-0.25, -0.2) is 9.97 Å². The maximum Gasteiger partial charge on any atom is 0.163 e. The van der Waals surface area contributed by atoms with Gasteiger partial charge in [-0.2, -0.15) is 0 Å². The Morgan fingerprint density at radius 2 is 1.92 bits per heavy atom. The predicted molar refractivity (Wildman–Crippen MR) is 97.6 cm³/mol. The van der Waals surface area contributed by atoms with Gasteiger partial charge in [0.15, 0.2) is 5.82 Å². The van der Waals surface area contributed by atoms with Crippen LogP contribution in [0.15, 0.2) is 48.8 Å². The topological polar surface area (TPSA) is 64.4 Å². The van der Waals surface area contributed by atoms with Crippen LogP contribution in [0.4, 0.5) is 5.82 Å². The van der Waals surface area contributed by atoms with Crippen LogP contribution in [-0.2, 0) is 4.74 Å². The summed E-state index contributed by atoms with van der Waals surface area (Å²) in [5, 5.41) is 4.56. The molecule has 6 heteroatoms. The molecule has 25 heavy (non-hydrogen) atoms. The van der Waals surface area contributed by atoms with Crippen molar-refractivity contribution in [3.05, 3.63) is 48.8 Å². The van der Waals surface area contributed by atoms with Crippen molar-refractivity contribution in [1.82, 2.24) is 15.0 Å². The van der Waals surface area contributed by atoms with Crippen LogP contribution in [-0.4, -0.2) is 54.3 Å². The van der Waals surface area contributed by atoms with Crippen LogP contribution in [0.1, 0.15) is 0 Å². The van der Waals surface area contributed by atoms with E-state index in [4.69, 9.17) is 14.7 Å². The van der Waals surface area contributed by atoms with Gasteiger partial charge in [0.25, 0.3) is 0 Å². The van der Waals surface area contributed by atoms with Crippen LogP contribution in [0.25, 0.3) is 22.3 Å². The van der Waals surface area contributed by atoms with Crippen LogP contribution in [0.2, 0.25) is 0 Å². The van der Waals surface area contributed by atoms with Crippen molar-refractivity contribution in [1.29, 1.82) is 0 Å². The first-order chi connectivity index (χ1) is 12.4. The van der Waals surface area contributed by atoms with Gasteiger partial charge in [-0.1, -0.05) is 12.1 Å². The zero-order valence-electron chi connectivity index (χ0n) is 14.1. The first-order valence-electron chi connectivity index (χ1n) is 8.72. The number of quaternary nitrogens is 1. The van der Waals surface area contributed by atoms with Gasteiger partial charge in [0.1, 0.15) is 18.9 Å². The summed E-state index contributed by atoms with van der Waals surface area (Å²) in [6, 6.07) is 12.0. The van der Waals surface area contributed by atoms with Gasteiger partial charge in [0, 0.05) is 23.3 Å². The molecule has 6 nitrogen and oxygen atoms in total. The van der Waals surface area contributed by atoms with E-state index in [1.165, 1.54) is 0 Å². The normalized spacial score (nSPS) is 15.4. The lowest BCUT2D eigenvalue weighted by molar-refractivity contribution is -0.906. The molecular weight excluding hydrogens is 314 g/mol. The summed E-state index contributed by atoms with van der Waals surface area (Å²) >= 11 is 0. The maximum atomic E-state index is 5.42. The summed E-state index contributed by atoms with van der Waals surface area (Å²) in [6.07, 6.45) is 3.56. The molecule has 1 fully saturated rings. The molecule has 1 aromatic carbocycles. The fourth-order valence-corrected chi connectivity index (χ4v) is 3.10. The molecule has 3 aromatic rings. The van der Waals surface area contributed by atoms with E-state index in [-0.39, 0.29) is 0 Å². The molecule has 1 aliphatic rings.